The largest absolute Gasteiger partial charge is 0.508 e. The van der Waals surface area contributed by atoms with E-state index in [-0.39, 0.29) is 32.7 Å². The first-order valence-corrected chi connectivity index (χ1v) is 12.2. The summed E-state index contributed by atoms with van der Waals surface area (Å²) in [6.07, 6.45) is 0. The van der Waals surface area contributed by atoms with Gasteiger partial charge in [-0.3, -0.25) is 0 Å². The van der Waals surface area contributed by atoms with Gasteiger partial charge in [-0.2, -0.15) is 0 Å². The van der Waals surface area contributed by atoms with E-state index < -0.39 is 45.7 Å². The van der Waals surface area contributed by atoms with Crippen molar-refractivity contribution in [3.8, 4) is 73.6 Å². The fourth-order valence-corrected chi connectivity index (χ4v) is 5.29. The van der Waals surface area contributed by atoms with Gasteiger partial charge in [0.1, 0.15) is 13.6 Å². The lowest BCUT2D eigenvalue weighted by atomic mass is 9.80. The molecule has 0 saturated heterocycles. The summed E-state index contributed by atoms with van der Waals surface area (Å²) in [5.41, 5.74) is 2.29. The van der Waals surface area contributed by atoms with E-state index in [0.29, 0.717) is 11.1 Å². The van der Waals surface area contributed by atoms with Crippen molar-refractivity contribution in [2.75, 3.05) is 0 Å². The van der Waals surface area contributed by atoms with Crippen molar-refractivity contribution in [1.82, 2.24) is 0 Å². The molecule has 0 atom stereocenters. The Morgan fingerprint density at radius 1 is 0.325 bits per heavy atom. The summed E-state index contributed by atoms with van der Waals surface area (Å²) < 4.78 is 0. The summed E-state index contributed by atoms with van der Waals surface area (Å²) in [6, 6.07) is 25.0. The maximum absolute atomic E-state index is 11.3. The summed E-state index contributed by atoms with van der Waals surface area (Å²) in [5.74, 6) is -5.53. The zero-order valence-corrected chi connectivity index (χ0v) is 20.8. The summed E-state index contributed by atoms with van der Waals surface area (Å²) in [5, 5.41) is 76.2. The third kappa shape index (κ3) is 3.46. The molecule has 0 bridgehead atoms. The Morgan fingerprint density at radius 3 is 1.12 bits per heavy atom. The second-order valence-corrected chi connectivity index (χ2v) is 9.41. The Morgan fingerprint density at radius 2 is 0.650 bits per heavy atom. The van der Waals surface area contributed by atoms with Gasteiger partial charge < -0.3 is 35.7 Å². The molecule has 40 heavy (non-hydrogen) atoms. The number of benzene rings is 6. The number of fused-ring (bicyclic) bond motifs is 2. The van der Waals surface area contributed by atoms with Gasteiger partial charge in [-0.1, -0.05) is 84.9 Å². The van der Waals surface area contributed by atoms with Crippen LogP contribution in [-0.2, 0) is 0 Å². The average Bonchev–Trinajstić information content (AvgIpc) is 3.00. The Labute approximate surface area is 229 Å². The third-order valence-corrected chi connectivity index (χ3v) is 7.20. The smallest absolute Gasteiger partial charge is 0.204 e. The minimum absolute atomic E-state index is 0.0496. The minimum Gasteiger partial charge on any atom is -0.508 e. The predicted octanol–water partition coefficient (Wildman–Crippen LogP) is 5.73. The predicted molar refractivity (Wildman–Crippen MR) is 155 cm³/mol. The van der Waals surface area contributed by atoms with Crippen LogP contribution in [-0.4, -0.2) is 43.6 Å². The van der Waals surface area contributed by atoms with E-state index in [2.05, 4.69) is 0 Å². The summed E-state index contributed by atoms with van der Waals surface area (Å²) >= 11 is 0. The van der Waals surface area contributed by atoms with Crippen molar-refractivity contribution in [1.29, 1.82) is 0 Å². The van der Waals surface area contributed by atoms with Gasteiger partial charge in [-0.05, 0) is 27.7 Å². The minimum atomic E-state index is -0.977. The fraction of sp³-hybridized carbons (Fsp3) is 0. The van der Waals surface area contributed by atoms with Crippen molar-refractivity contribution in [2.24, 2.45) is 0 Å². The van der Waals surface area contributed by atoms with Gasteiger partial charge in [0.05, 0.1) is 0 Å². The van der Waals surface area contributed by atoms with Crippen LogP contribution in [0.1, 0.15) is 0 Å². The molecule has 6 aromatic carbocycles. The van der Waals surface area contributed by atoms with Crippen LogP contribution in [0, 0.1) is 0 Å². The first kappa shape index (κ1) is 24.8. The first-order chi connectivity index (χ1) is 19.2. The van der Waals surface area contributed by atoms with Gasteiger partial charge in [0, 0.05) is 32.7 Å². The number of hydrogen-bond acceptors (Lipinski definition) is 7. The highest BCUT2D eigenvalue weighted by atomic mass is 16.3. The van der Waals surface area contributed by atoms with Crippen LogP contribution in [0.3, 0.4) is 0 Å². The van der Waals surface area contributed by atoms with E-state index in [1.807, 2.05) is 42.5 Å². The number of phenols is 7. The zero-order valence-electron chi connectivity index (χ0n) is 20.8. The third-order valence-electron chi connectivity index (χ3n) is 7.20. The van der Waals surface area contributed by atoms with E-state index in [1.165, 1.54) is 0 Å². The van der Waals surface area contributed by atoms with E-state index in [9.17, 15) is 35.7 Å². The van der Waals surface area contributed by atoms with E-state index >= 15 is 0 Å². The molecule has 194 valence electrons. The molecule has 7 nitrogen and oxygen atoms in total. The average molecular weight is 528 g/mol. The Bertz CT molecular complexity index is 1870. The molecular formula is C32H21BO7. The number of rotatable bonds is 3. The molecule has 7 N–H and O–H groups in total. The van der Waals surface area contributed by atoms with Gasteiger partial charge in [0.15, 0.2) is 23.0 Å². The highest BCUT2D eigenvalue weighted by Gasteiger charge is 2.31. The monoisotopic (exact) mass is 528 g/mol. The first-order valence-electron chi connectivity index (χ1n) is 12.2. The van der Waals surface area contributed by atoms with Gasteiger partial charge in [-0.25, -0.2) is 0 Å². The molecule has 0 aliphatic carbocycles. The van der Waals surface area contributed by atoms with Gasteiger partial charge >= 0.3 is 0 Å². The van der Waals surface area contributed by atoms with E-state index in [1.54, 1.807) is 42.5 Å². The van der Waals surface area contributed by atoms with Crippen molar-refractivity contribution in [2.45, 2.75) is 0 Å². The molecule has 0 aromatic heterocycles. The summed E-state index contributed by atoms with van der Waals surface area (Å²) in [4.78, 5) is 0. The van der Waals surface area contributed by atoms with Crippen LogP contribution >= 0.6 is 0 Å². The molecule has 0 saturated carbocycles. The molecule has 0 aliphatic heterocycles. The SMILES string of the molecule is [B]c1c(O)c(O)c2c(-c3ccccc3)c3c(O)c(O)c(O)c(O)c3c(-c3ccc(-c4ccccc4)cc3)c2c1O. The Kier molecular flexibility index (Phi) is 5.62. The van der Waals surface area contributed by atoms with Crippen LogP contribution in [0.25, 0.3) is 54.9 Å². The van der Waals surface area contributed by atoms with Gasteiger partial charge in [0.2, 0.25) is 11.5 Å². The number of hydrogen-bond donors (Lipinski definition) is 7. The van der Waals surface area contributed by atoms with Crippen molar-refractivity contribution in [3.63, 3.8) is 0 Å². The molecule has 0 fully saturated rings. The van der Waals surface area contributed by atoms with Gasteiger partial charge in [-0.15, -0.1) is 0 Å². The molecule has 2 radical (unpaired) electrons. The fourth-order valence-electron chi connectivity index (χ4n) is 5.29. The second kappa shape index (κ2) is 9.06. The van der Waals surface area contributed by atoms with Crippen LogP contribution in [0.5, 0.6) is 40.2 Å². The summed E-state index contributed by atoms with van der Waals surface area (Å²) in [7, 11) is 5.99. The Hall–Kier alpha value is -5.50. The van der Waals surface area contributed by atoms with Crippen LogP contribution in [0.4, 0.5) is 0 Å². The van der Waals surface area contributed by atoms with Crippen molar-refractivity contribution < 1.29 is 35.7 Å². The number of aromatic hydroxyl groups is 7. The van der Waals surface area contributed by atoms with Crippen molar-refractivity contribution in [3.05, 3.63) is 84.9 Å². The van der Waals surface area contributed by atoms with Crippen LogP contribution < -0.4 is 5.46 Å². The molecule has 0 aliphatic rings. The maximum atomic E-state index is 11.3. The molecule has 6 rings (SSSR count). The molecule has 8 heteroatoms. The Balaban J connectivity index is 1.87. The highest BCUT2D eigenvalue weighted by molar-refractivity contribution is 6.41. The molecule has 0 heterocycles. The lowest BCUT2D eigenvalue weighted by Gasteiger charge is -2.23. The lowest BCUT2D eigenvalue weighted by Crippen LogP contribution is -2.06. The standard InChI is InChI=1S/C32H21BO7/c33-25-26(34)21-20(18-13-11-16(12-14-18)15-7-3-1-4-8-15)24-23(28(36)31(39)32(40)29(24)37)19(17-9-5-2-6-10-17)22(21)27(35)30(25)38/h1-14,34-40H. The van der Waals surface area contributed by atoms with Crippen LogP contribution in [0.2, 0.25) is 0 Å². The summed E-state index contributed by atoms with van der Waals surface area (Å²) in [6.45, 7) is 0. The normalized spacial score (nSPS) is 11.3. The highest BCUT2D eigenvalue weighted by Crippen LogP contribution is 2.59. The van der Waals surface area contributed by atoms with Gasteiger partial charge in [0.25, 0.3) is 0 Å². The molecule has 0 spiro atoms. The quantitative estimate of drug-likeness (QED) is 0.0674. The van der Waals surface area contributed by atoms with E-state index in [0.717, 1.165) is 11.1 Å². The molecule has 6 aromatic rings. The zero-order chi connectivity index (χ0) is 28.3. The van der Waals surface area contributed by atoms with E-state index in [4.69, 9.17) is 7.85 Å². The lowest BCUT2D eigenvalue weighted by molar-refractivity contribution is 0.351. The maximum Gasteiger partial charge on any atom is 0.204 e. The second-order valence-electron chi connectivity index (χ2n) is 9.41. The number of phenolic OH excluding ortho intramolecular Hbond substituents is 7. The van der Waals surface area contributed by atoms with Crippen molar-refractivity contribution >= 4 is 34.9 Å². The molecule has 0 amide bonds. The van der Waals surface area contributed by atoms with Crippen LogP contribution in [0.15, 0.2) is 84.9 Å². The molecule has 0 unspecified atom stereocenters. The topological polar surface area (TPSA) is 142 Å². The molecular weight excluding hydrogens is 507 g/mol.